The number of hydrogen-bond donors (Lipinski definition) is 0. The summed E-state index contributed by atoms with van der Waals surface area (Å²) in [7, 11) is 0. The molecule has 2 aliphatic heterocycles. The first-order chi connectivity index (χ1) is 14.8. The molecule has 31 heavy (non-hydrogen) atoms. The summed E-state index contributed by atoms with van der Waals surface area (Å²) in [6.45, 7) is 2.59. The van der Waals surface area contributed by atoms with Gasteiger partial charge in [0.1, 0.15) is 18.9 Å². The molecule has 1 aromatic carbocycles. The van der Waals surface area contributed by atoms with Crippen molar-refractivity contribution < 1.29 is 19.2 Å². The molecule has 162 valence electrons. The Labute approximate surface area is 178 Å². The summed E-state index contributed by atoms with van der Waals surface area (Å²) in [5.41, 5.74) is 0.334. The number of piperazine rings is 1. The number of para-hydroxylation sites is 1. The van der Waals surface area contributed by atoms with Crippen molar-refractivity contribution in [2.24, 2.45) is 0 Å². The van der Waals surface area contributed by atoms with E-state index in [0.717, 1.165) is 4.90 Å². The number of hydrogen-bond acceptors (Lipinski definition) is 6. The molecule has 2 saturated heterocycles. The highest BCUT2D eigenvalue weighted by atomic mass is 16.2. The van der Waals surface area contributed by atoms with Crippen LogP contribution in [0, 0.1) is 6.92 Å². The zero-order valence-electron chi connectivity index (χ0n) is 17.2. The minimum absolute atomic E-state index is 0.118. The van der Waals surface area contributed by atoms with E-state index in [0.29, 0.717) is 42.9 Å². The second-order valence-corrected chi connectivity index (χ2v) is 7.70. The zero-order valence-corrected chi connectivity index (χ0v) is 17.2. The van der Waals surface area contributed by atoms with Crippen molar-refractivity contribution in [1.29, 1.82) is 0 Å². The van der Waals surface area contributed by atoms with Gasteiger partial charge < -0.3 is 9.80 Å². The van der Waals surface area contributed by atoms with Gasteiger partial charge in [0, 0.05) is 39.0 Å². The van der Waals surface area contributed by atoms with Crippen molar-refractivity contribution in [3.05, 3.63) is 40.4 Å². The molecule has 0 saturated carbocycles. The second kappa shape index (κ2) is 8.29. The summed E-state index contributed by atoms with van der Waals surface area (Å²) >= 11 is 0. The van der Waals surface area contributed by atoms with Gasteiger partial charge in [0.25, 0.3) is 5.56 Å². The van der Waals surface area contributed by atoms with Gasteiger partial charge in [0.2, 0.25) is 23.6 Å². The molecule has 2 fully saturated rings. The molecule has 10 heteroatoms. The Morgan fingerprint density at radius 1 is 0.871 bits per heavy atom. The predicted octanol–water partition coefficient (Wildman–Crippen LogP) is -0.475. The lowest BCUT2D eigenvalue weighted by Gasteiger charge is -2.35. The molecule has 2 aliphatic rings. The van der Waals surface area contributed by atoms with Gasteiger partial charge in [-0.1, -0.05) is 12.1 Å². The van der Waals surface area contributed by atoms with Crippen LogP contribution in [0.15, 0.2) is 29.1 Å². The van der Waals surface area contributed by atoms with Crippen LogP contribution in [0.25, 0.3) is 10.9 Å². The van der Waals surface area contributed by atoms with Crippen LogP contribution >= 0.6 is 0 Å². The SMILES string of the molecule is Cc1nc2ccccc2c(=O)n1CC(=O)N1CCN(C(=O)CN2C(=O)CCC2=O)CC1. The first-order valence-electron chi connectivity index (χ1n) is 10.2. The average molecular weight is 425 g/mol. The average Bonchev–Trinajstić information content (AvgIpc) is 3.08. The van der Waals surface area contributed by atoms with Crippen molar-refractivity contribution in [2.75, 3.05) is 32.7 Å². The lowest BCUT2D eigenvalue weighted by atomic mass is 10.2. The van der Waals surface area contributed by atoms with Crippen LogP contribution in [0.2, 0.25) is 0 Å². The van der Waals surface area contributed by atoms with Crippen LogP contribution in [0.5, 0.6) is 0 Å². The fourth-order valence-corrected chi connectivity index (χ4v) is 3.94. The van der Waals surface area contributed by atoms with Crippen molar-refractivity contribution in [3.8, 4) is 0 Å². The Balaban J connectivity index is 1.37. The normalized spacial score (nSPS) is 17.0. The summed E-state index contributed by atoms with van der Waals surface area (Å²) in [5, 5.41) is 0.460. The molecule has 0 N–H and O–H groups in total. The van der Waals surface area contributed by atoms with Gasteiger partial charge in [-0.15, -0.1) is 0 Å². The lowest BCUT2D eigenvalue weighted by Crippen LogP contribution is -2.53. The van der Waals surface area contributed by atoms with E-state index in [-0.39, 0.29) is 55.1 Å². The number of benzene rings is 1. The minimum Gasteiger partial charge on any atom is -0.338 e. The lowest BCUT2D eigenvalue weighted by molar-refractivity contribution is -0.147. The Morgan fingerprint density at radius 2 is 1.42 bits per heavy atom. The molecular formula is C21H23N5O5. The quantitative estimate of drug-likeness (QED) is 0.612. The third-order valence-electron chi connectivity index (χ3n) is 5.78. The molecule has 3 heterocycles. The predicted molar refractivity (Wildman–Crippen MR) is 110 cm³/mol. The maximum Gasteiger partial charge on any atom is 0.261 e. The molecule has 0 atom stereocenters. The third-order valence-corrected chi connectivity index (χ3v) is 5.78. The van der Waals surface area contributed by atoms with Crippen molar-refractivity contribution in [2.45, 2.75) is 26.3 Å². The number of likely N-dealkylation sites (tertiary alicyclic amines) is 1. The molecule has 0 spiro atoms. The van der Waals surface area contributed by atoms with Crippen LogP contribution in [0.4, 0.5) is 0 Å². The van der Waals surface area contributed by atoms with Crippen LogP contribution in [-0.4, -0.2) is 80.6 Å². The molecule has 0 unspecified atom stereocenters. The number of nitrogens with zero attached hydrogens (tertiary/aromatic N) is 5. The Bertz CT molecular complexity index is 1120. The fraction of sp³-hybridized carbons (Fsp3) is 0.429. The topological polar surface area (TPSA) is 113 Å². The highest BCUT2D eigenvalue weighted by Gasteiger charge is 2.33. The van der Waals surface area contributed by atoms with Gasteiger partial charge in [-0.2, -0.15) is 0 Å². The summed E-state index contributed by atoms with van der Waals surface area (Å²) in [6, 6.07) is 7.01. The number of amides is 4. The number of imide groups is 1. The van der Waals surface area contributed by atoms with Crippen LogP contribution in [0.3, 0.4) is 0 Å². The molecule has 10 nitrogen and oxygen atoms in total. The van der Waals surface area contributed by atoms with Crippen molar-refractivity contribution >= 4 is 34.5 Å². The number of aryl methyl sites for hydroxylation is 1. The highest BCUT2D eigenvalue weighted by molar-refractivity contribution is 6.04. The van der Waals surface area contributed by atoms with E-state index in [1.807, 2.05) is 0 Å². The first kappa shape index (κ1) is 20.7. The fourth-order valence-electron chi connectivity index (χ4n) is 3.94. The number of fused-ring (bicyclic) bond motifs is 1. The van der Waals surface area contributed by atoms with Crippen molar-refractivity contribution in [1.82, 2.24) is 24.3 Å². The maximum atomic E-state index is 12.8. The van der Waals surface area contributed by atoms with E-state index in [9.17, 15) is 24.0 Å². The van der Waals surface area contributed by atoms with Crippen LogP contribution in [0.1, 0.15) is 18.7 Å². The van der Waals surface area contributed by atoms with E-state index < -0.39 is 0 Å². The third kappa shape index (κ3) is 4.05. The number of carbonyl (C=O) groups excluding carboxylic acids is 4. The van der Waals surface area contributed by atoms with Gasteiger partial charge in [-0.05, 0) is 19.1 Å². The van der Waals surface area contributed by atoms with Gasteiger partial charge in [-0.3, -0.25) is 33.4 Å². The summed E-state index contributed by atoms with van der Waals surface area (Å²) in [6.07, 6.45) is 0.299. The van der Waals surface area contributed by atoms with E-state index in [1.165, 1.54) is 4.57 Å². The van der Waals surface area contributed by atoms with Gasteiger partial charge in [0.05, 0.1) is 10.9 Å². The van der Waals surface area contributed by atoms with Gasteiger partial charge >= 0.3 is 0 Å². The molecule has 0 aliphatic carbocycles. The summed E-state index contributed by atoms with van der Waals surface area (Å²) in [5.74, 6) is -0.708. The standard InChI is InChI=1S/C21H23N5O5/c1-14-22-16-5-3-2-4-15(16)21(31)25(14)12-19(29)23-8-10-24(11-9-23)20(30)13-26-17(27)6-7-18(26)28/h2-5H,6-13H2,1H3. The molecule has 4 rings (SSSR count). The molecule has 2 aromatic rings. The maximum absolute atomic E-state index is 12.8. The van der Waals surface area contributed by atoms with Crippen LogP contribution < -0.4 is 5.56 Å². The first-order valence-corrected chi connectivity index (χ1v) is 10.2. The van der Waals surface area contributed by atoms with Crippen LogP contribution in [-0.2, 0) is 25.7 Å². The Hall–Kier alpha value is -3.56. The van der Waals surface area contributed by atoms with Crippen molar-refractivity contribution in [3.63, 3.8) is 0 Å². The van der Waals surface area contributed by atoms with Gasteiger partial charge in [-0.25, -0.2) is 4.98 Å². The largest absolute Gasteiger partial charge is 0.338 e. The number of carbonyl (C=O) groups is 4. The summed E-state index contributed by atoms with van der Waals surface area (Å²) in [4.78, 5) is 70.0. The van der Waals surface area contributed by atoms with E-state index in [4.69, 9.17) is 0 Å². The number of aromatic nitrogens is 2. The highest BCUT2D eigenvalue weighted by Crippen LogP contribution is 2.13. The number of rotatable bonds is 4. The Kier molecular flexibility index (Phi) is 5.53. The molecular weight excluding hydrogens is 402 g/mol. The molecule has 0 bridgehead atoms. The van der Waals surface area contributed by atoms with E-state index in [1.54, 1.807) is 41.0 Å². The molecule has 1 aromatic heterocycles. The van der Waals surface area contributed by atoms with E-state index in [2.05, 4.69) is 4.98 Å². The van der Waals surface area contributed by atoms with E-state index >= 15 is 0 Å². The Morgan fingerprint density at radius 3 is 2.03 bits per heavy atom. The smallest absolute Gasteiger partial charge is 0.261 e. The molecule has 4 amide bonds. The van der Waals surface area contributed by atoms with Gasteiger partial charge in [0.15, 0.2) is 0 Å². The second-order valence-electron chi connectivity index (χ2n) is 7.70. The minimum atomic E-state index is -0.322. The summed E-state index contributed by atoms with van der Waals surface area (Å²) < 4.78 is 1.37. The zero-order chi connectivity index (χ0) is 22.1. The monoisotopic (exact) mass is 425 g/mol. The molecule has 0 radical (unpaired) electrons.